The van der Waals surface area contributed by atoms with Crippen molar-refractivity contribution >= 4 is 22.1 Å². The van der Waals surface area contributed by atoms with E-state index in [0.29, 0.717) is 28.5 Å². The average molecular weight is 354 g/mol. The molecule has 4 aromatic rings. The highest BCUT2D eigenvalue weighted by molar-refractivity contribution is 5.77. The van der Waals surface area contributed by atoms with E-state index in [1.54, 1.807) is 24.8 Å². The van der Waals surface area contributed by atoms with Gasteiger partial charge in [0.1, 0.15) is 11.3 Å². The van der Waals surface area contributed by atoms with Crippen LogP contribution in [0.2, 0.25) is 0 Å². The predicted molar refractivity (Wildman–Crippen MR) is 98.2 cm³/mol. The molecule has 0 saturated heterocycles. The minimum absolute atomic E-state index is 0.0656. The fourth-order valence-electron chi connectivity index (χ4n) is 3.44. The lowest BCUT2D eigenvalue weighted by Gasteiger charge is -2.16. The van der Waals surface area contributed by atoms with Crippen LogP contribution >= 0.6 is 0 Å². The number of nitrogens with zero attached hydrogens (tertiary/aromatic N) is 4. The summed E-state index contributed by atoms with van der Waals surface area (Å²) < 4.78 is 32.5. The summed E-state index contributed by atoms with van der Waals surface area (Å²) in [7, 11) is 0. The maximum atomic E-state index is 15.2. The van der Waals surface area contributed by atoms with Crippen LogP contribution in [0, 0.1) is 11.6 Å². The van der Waals surface area contributed by atoms with E-state index in [0.717, 1.165) is 5.52 Å². The zero-order valence-electron chi connectivity index (χ0n) is 14.9. The minimum Gasteiger partial charge on any atom is -0.327 e. The zero-order chi connectivity index (χ0) is 18.4. The molecule has 0 radical (unpaired) electrons. The first-order valence-corrected chi connectivity index (χ1v) is 8.71. The van der Waals surface area contributed by atoms with Crippen molar-refractivity contribution in [3.05, 3.63) is 60.2 Å². The number of benzene rings is 2. The molecule has 1 atom stereocenters. The summed E-state index contributed by atoms with van der Waals surface area (Å²) in [4.78, 5) is 8.60. The molecule has 26 heavy (non-hydrogen) atoms. The highest BCUT2D eigenvalue weighted by Gasteiger charge is 2.17. The van der Waals surface area contributed by atoms with Gasteiger partial charge in [-0.1, -0.05) is 6.07 Å². The van der Waals surface area contributed by atoms with Crippen molar-refractivity contribution in [1.29, 1.82) is 0 Å². The third-order valence-corrected chi connectivity index (χ3v) is 4.84. The van der Waals surface area contributed by atoms with Crippen molar-refractivity contribution in [1.82, 2.24) is 19.1 Å². The van der Waals surface area contributed by atoms with E-state index in [-0.39, 0.29) is 23.7 Å². The van der Waals surface area contributed by atoms with E-state index in [1.165, 1.54) is 12.1 Å². The van der Waals surface area contributed by atoms with Gasteiger partial charge in [0.2, 0.25) is 0 Å². The van der Waals surface area contributed by atoms with E-state index in [1.807, 2.05) is 36.0 Å². The number of halogens is 2. The van der Waals surface area contributed by atoms with Gasteiger partial charge in [-0.25, -0.2) is 18.7 Å². The Hall–Kier alpha value is -2.76. The highest BCUT2D eigenvalue weighted by atomic mass is 19.1. The van der Waals surface area contributed by atoms with Crippen molar-refractivity contribution in [2.24, 2.45) is 0 Å². The number of fused-ring (bicyclic) bond motifs is 2. The molecule has 0 bridgehead atoms. The molecule has 4 rings (SSSR count). The summed E-state index contributed by atoms with van der Waals surface area (Å²) in [6, 6.07) is 8.21. The summed E-state index contributed by atoms with van der Waals surface area (Å²) in [5, 5.41) is 0. The van der Waals surface area contributed by atoms with Crippen molar-refractivity contribution < 1.29 is 8.78 Å². The van der Waals surface area contributed by atoms with E-state index in [4.69, 9.17) is 0 Å². The van der Waals surface area contributed by atoms with Crippen LogP contribution < -0.4 is 0 Å². The zero-order valence-corrected chi connectivity index (χ0v) is 14.9. The van der Waals surface area contributed by atoms with Gasteiger partial charge in [-0.2, -0.15) is 0 Å². The van der Waals surface area contributed by atoms with Crippen LogP contribution in [-0.2, 0) is 6.42 Å². The van der Waals surface area contributed by atoms with Gasteiger partial charge in [-0.3, -0.25) is 0 Å². The lowest BCUT2D eigenvalue weighted by Crippen LogP contribution is -2.09. The molecular weight excluding hydrogens is 334 g/mol. The van der Waals surface area contributed by atoms with Crippen LogP contribution in [-0.4, -0.2) is 19.1 Å². The SMILES string of the molecule is CC(C)n1cnc2ccc(CC(C)n3cnc4ccc(F)cc43)c(F)c21. The monoisotopic (exact) mass is 354 g/mol. The van der Waals surface area contributed by atoms with E-state index in [2.05, 4.69) is 9.97 Å². The van der Waals surface area contributed by atoms with E-state index < -0.39 is 0 Å². The van der Waals surface area contributed by atoms with Crippen LogP contribution in [0.5, 0.6) is 0 Å². The molecule has 0 spiro atoms. The molecule has 0 N–H and O–H groups in total. The second kappa shape index (κ2) is 6.20. The highest BCUT2D eigenvalue weighted by Crippen LogP contribution is 2.27. The fraction of sp³-hybridized carbons (Fsp3) is 0.300. The number of hydrogen-bond donors (Lipinski definition) is 0. The van der Waals surface area contributed by atoms with Crippen LogP contribution in [0.3, 0.4) is 0 Å². The van der Waals surface area contributed by atoms with Crippen LogP contribution in [0.4, 0.5) is 8.78 Å². The summed E-state index contributed by atoms with van der Waals surface area (Å²) in [6.07, 6.45) is 3.84. The molecule has 0 aliphatic rings. The Morgan fingerprint density at radius 2 is 1.62 bits per heavy atom. The van der Waals surface area contributed by atoms with Gasteiger partial charge >= 0.3 is 0 Å². The normalized spacial score (nSPS) is 13.2. The summed E-state index contributed by atoms with van der Waals surface area (Å²) in [6.45, 7) is 5.99. The molecule has 2 aromatic heterocycles. The lowest BCUT2D eigenvalue weighted by molar-refractivity contribution is 0.529. The summed E-state index contributed by atoms with van der Waals surface area (Å²) >= 11 is 0. The Bertz CT molecular complexity index is 1090. The topological polar surface area (TPSA) is 35.6 Å². The molecule has 2 aromatic carbocycles. The Balaban J connectivity index is 1.73. The summed E-state index contributed by atoms with van der Waals surface area (Å²) in [5.41, 5.74) is 3.25. The molecule has 0 aliphatic carbocycles. The third-order valence-electron chi connectivity index (χ3n) is 4.84. The van der Waals surface area contributed by atoms with E-state index in [9.17, 15) is 4.39 Å². The molecular formula is C20H20F2N4. The number of hydrogen-bond acceptors (Lipinski definition) is 2. The number of imidazole rings is 2. The summed E-state index contributed by atoms with van der Waals surface area (Å²) in [5.74, 6) is -0.545. The fourth-order valence-corrected chi connectivity index (χ4v) is 3.44. The van der Waals surface area contributed by atoms with Crippen LogP contribution in [0.15, 0.2) is 43.0 Å². The molecule has 0 amide bonds. The van der Waals surface area contributed by atoms with Crippen LogP contribution in [0.1, 0.15) is 38.4 Å². The molecule has 0 fully saturated rings. The minimum atomic E-state index is -0.306. The molecule has 4 nitrogen and oxygen atoms in total. The van der Waals surface area contributed by atoms with Crippen LogP contribution in [0.25, 0.3) is 22.1 Å². The predicted octanol–water partition coefficient (Wildman–Crippen LogP) is 5.05. The average Bonchev–Trinajstić information content (AvgIpc) is 3.21. The molecule has 134 valence electrons. The molecule has 6 heteroatoms. The quantitative estimate of drug-likeness (QED) is 0.514. The third kappa shape index (κ3) is 2.66. The van der Waals surface area contributed by atoms with Gasteiger partial charge in [-0.15, -0.1) is 0 Å². The Kier molecular flexibility index (Phi) is 3.98. The number of aromatic nitrogens is 4. The molecule has 0 aliphatic heterocycles. The second-order valence-electron chi connectivity index (χ2n) is 6.99. The van der Waals surface area contributed by atoms with Gasteiger partial charge < -0.3 is 9.13 Å². The Morgan fingerprint density at radius 3 is 2.38 bits per heavy atom. The molecule has 1 unspecified atom stereocenters. The van der Waals surface area contributed by atoms with Gasteiger partial charge in [0.05, 0.1) is 29.2 Å². The van der Waals surface area contributed by atoms with Gasteiger partial charge in [0.15, 0.2) is 5.82 Å². The standard InChI is InChI=1S/C20H20F2N4/c1-12(2)25-10-24-17-6-4-14(19(22)20(17)25)8-13(3)26-11-23-16-7-5-15(21)9-18(16)26/h4-7,9-13H,8H2,1-3H3. The largest absolute Gasteiger partial charge is 0.327 e. The first-order chi connectivity index (χ1) is 12.5. The van der Waals surface area contributed by atoms with Crippen molar-refractivity contribution in [2.45, 2.75) is 39.3 Å². The Morgan fingerprint density at radius 1 is 0.923 bits per heavy atom. The Labute approximate surface area is 150 Å². The van der Waals surface area contributed by atoms with Crippen molar-refractivity contribution in [2.75, 3.05) is 0 Å². The van der Waals surface area contributed by atoms with Gasteiger partial charge in [-0.05, 0) is 57.0 Å². The first-order valence-electron chi connectivity index (χ1n) is 8.71. The maximum Gasteiger partial charge on any atom is 0.152 e. The molecule has 0 saturated carbocycles. The smallest absolute Gasteiger partial charge is 0.152 e. The molecule has 2 heterocycles. The van der Waals surface area contributed by atoms with E-state index >= 15 is 4.39 Å². The van der Waals surface area contributed by atoms with Crippen molar-refractivity contribution in [3.8, 4) is 0 Å². The maximum absolute atomic E-state index is 15.2. The van der Waals surface area contributed by atoms with Gasteiger partial charge in [0, 0.05) is 12.1 Å². The number of rotatable bonds is 4. The van der Waals surface area contributed by atoms with Gasteiger partial charge in [0.25, 0.3) is 0 Å². The second-order valence-corrected chi connectivity index (χ2v) is 6.99. The lowest BCUT2D eigenvalue weighted by atomic mass is 10.0. The van der Waals surface area contributed by atoms with Crippen molar-refractivity contribution in [3.63, 3.8) is 0 Å². The first kappa shape index (κ1) is 16.7.